The van der Waals surface area contributed by atoms with E-state index in [0.29, 0.717) is 6.54 Å². The van der Waals surface area contributed by atoms with Crippen molar-refractivity contribution >= 4 is 5.91 Å². The first kappa shape index (κ1) is 13.6. The molecule has 1 rings (SSSR count). The van der Waals surface area contributed by atoms with Crippen molar-refractivity contribution in [2.24, 2.45) is 5.92 Å². The first-order chi connectivity index (χ1) is 8.15. The Morgan fingerprint density at radius 1 is 1.47 bits per heavy atom. The van der Waals surface area contributed by atoms with Crippen LogP contribution in [0.4, 0.5) is 0 Å². The van der Waals surface area contributed by atoms with Crippen LogP contribution in [-0.4, -0.2) is 35.9 Å². The number of pyridine rings is 1. The van der Waals surface area contributed by atoms with Crippen molar-refractivity contribution < 1.29 is 4.79 Å². The molecule has 4 nitrogen and oxygen atoms in total. The van der Waals surface area contributed by atoms with Gasteiger partial charge in [-0.2, -0.15) is 0 Å². The Hall–Kier alpha value is -1.42. The van der Waals surface area contributed by atoms with Crippen LogP contribution in [-0.2, 0) is 11.3 Å². The first-order valence-corrected chi connectivity index (χ1v) is 5.99. The lowest BCUT2D eigenvalue weighted by Gasteiger charge is -2.21. The van der Waals surface area contributed by atoms with Gasteiger partial charge in [0.1, 0.15) is 0 Å². The molecule has 1 aromatic heterocycles. The molecule has 1 heterocycles. The Bertz CT molecular complexity index is 340. The average molecular weight is 235 g/mol. The highest BCUT2D eigenvalue weighted by molar-refractivity contribution is 5.78. The van der Waals surface area contributed by atoms with Crippen LogP contribution in [0, 0.1) is 5.92 Å². The van der Waals surface area contributed by atoms with Crippen molar-refractivity contribution in [2.45, 2.75) is 20.4 Å². The molecule has 0 radical (unpaired) electrons. The molecule has 0 aliphatic carbocycles. The fourth-order valence-electron chi connectivity index (χ4n) is 1.66. The minimum Gasteiger partial charge on any atom is -0.341 e. The Morgan fingerprint density at radius 2 is 2.12 bits per heavy atom. The lowest BCUT2D eigenvalue weighted by atomic mass is 10.1. The van der Waals surface area contributed by atoms with E-state index in [4.69, 9.17) is 0 Å². The molecule has 17 heavy (non-hydrogen) atoms. The number of hydrogen-bond donors (Lipinski definition) is 1. The second-order valence-electron chi connectivity index (χ2n) is 4.26. The van der Waals surface area contributed by atoms with Crippen molar-refractivity contribution in [2.75, 3.05) is 20.1 Å². The summed E-state index contributed by atoms with van der Waals surface area (Å²) in [5.41, 5.74) is 1.10. The third kappa shape index (κ3) is 4.53. The Labute approximate surface area is 103 Å². The summed E-state index contributed by atoms with van der Waals surface area (Å²) in [6, 6.07) is 3.86. The van der Waals surface area contributed by atoms with E-state index in [9.17, 15) is 4.79 Å². The van der Waals surface area contributed by atoms with Gasteiger partial charge in [0.25, 0.3) is 0 Å². The number of nitrogens with zero attached hydrogens (tertiary/aromatic N) is 2. The van der Waals surface area contributed by atoms with Crippen LogP contribution >= 0.6 is 0 Å². The number of hydrogen-bond acceptors (Lipinski definition) is 3. The fourth-order valence-corrected chi connectivity index (χ4v) is 1.66. The van der Waals surface area contributed by atoms with Crippen molar-refractivity contribution in [3.63, 3.8) is 0 Å². The zero-order valence-corrected chi connectivity index (χ0v) is 10.8. The molecule has 0 saturated carbocycles. The van der Waals surface area contributed by atoms with Gasteiger partial charge in [-0.15, -0.1) is 0 Å². The highest BCUT2D eigenvalue weighted by Gasteiger charge is 2.16. The average Bonchev–Trinajstić information content (AvgIpc) is 2.36. The number of nitrogens with one attached hydrogen (secondary N) is 1. The summed E-state index contributed by atoms with van der Waals surface area (Å²) in [5, 5.41) is 3.19. The second-order valence-corrected chi connectivity index (χ2v) is 4.26. The highest BCUT2D eigenvalue weighted by atomic mass is 16.2. The molecule has 1 aromatic rings. The van der Waals surface area contributed by atoms with Gasteiger partial charge in [-0.1, -0.05) is 13.8 Å². The molecule has 4 heteroatoms. The van der Waals surface area contributed by atoms with Crippen molar-refractivity contribution in [3.8, 4) is 0 Å². The van der Waals surface area contributed by atoms with E-state index < -0.39 is 0 Å². The lowest BCUT2D eigenvalue weighted by molar-refractivity contribution is -0.134. The summed E-state index contributed by atoms with van der Waals surface area (Å²) >= 11 is 0. The van der Waals surface area contributed by atoms with Gasteiger partial charge in [0.2, 0.25) is 5.91 Å². The number of amides is 1. The molecule has 0 fully saturated rings. The summed E-state index contributed by atoms with van der Waals surface area (Å²) < 4.78 is 0. The van der Waals surface area contributed by atoms with Crippen LogP contribution in [0.2, 0.25) is 0 Å². The van der Waals surface area contributed by atoms with Crippen LogP contribution in [0.15, 0.2) is 24.5 Å². The zero-order valence-electron chi connectivity index (χ0n) is 10.8. The molecular weight excluding hydrogens is 214 g/mol. The molecule has 0 spiro atoms. The summed E-state index contributed by atoms with van der Waals surface area (Å²) in [7, 11) is 1.84. The normalized spacial score (nSPS) is 12.2. The van der Waals surface area contributed by atoms with E-state index in [1.165, 1.54) is 0 Å². The predicted octanol–water partition coefficient (Wildman–Crippen LogP) is 1.29. The van der Waals surface area contributed by atoms with Crippen LogP contribution in [0.3, 0.4) is 0 Å². The summed E-state index contributed by atoms with van der Waals surface area (Å²) in [5.74, 6) is 0.185. The molecular formula is C13H21N3O. The monoisotopic (exact) mass is 235 g/mol. The molecule has 1 N–H and O–H groups in total. The van der Waals surface area contributed by atoms with Crippen LogP contribution in [0.25, 0.3) is 0 Å². The second kappa shape index (κ2) is 7.01. The van der Waals surface area contributed by atoms with E-state index in [0.717, 1.165) is 18.7 Å². The summed E-state index contributed by atoms with van der Waals surface area (Å²) in [4.78, 5) is 17.7. The smallest absolute Gasteiger partial charge is 0.226 e. The van der Waals surface area contributed by atoms with E-state index in [1.807, 2.05) is 33.0 Å². The maximum atomic E-state index is 12.0. The molecule has 1 amide bonds. The Balaban J connectivity index is 2.47. The number of carbonyl (C=O) groups is 1. The quantitative estimate of drug-likeness (QED) is 0.808. The molecule has 0 aliphatic rings. The van der Waals surface area contributed by atoms with Crippen molar-refractivity contribution in [1.82, 2.24) is 15.2 Å². The van der Waals surface area contributed by atoms with Gasteiger partial charge in [-0.05, 0) is 24.2 Å². The van der Waals surface area contributed by atoms with E-state index in [2.05, 4.69) is 10.3 Å². The van der Waals surface area contributed by atoms with Crippen molar-refractivity contribution in [1.29, 1.82) is 0 Å². The first-order valence-electron chi connectivity index (χ1n) is 5.99. The maximum Gasteiger partial charge on any atom is 0.226 e. The Kier molecular flexibility index (Phi) is 5.63. The minimum absolute atomic E-state index is 0.0155. The molecule has 0 aliphatic heterocycles. The third-order valence-electron chi connectivity index (χ3n) is 2.67. The van der Waals surface area contributed by atoms with Gasteiger partial charge in [0, 0.05) is 38.4 Å². The summed E-state index contributed by atoms with van der Waals surface area (Å²) in [6.45, 7) is 6.26. The molecule has 0 bridgehead atoms. The molecule has 1 unspecified atom stereocenters. The molecule has 0 saturated heterocycles. The van der Waals surface area contributed by atoms with Crippen LogP contribution in [0.1, 0.15) is 19.4 Å². The lowest BCUT2D eigenvalue weighted by Crippen LogP contribution is -2.36. The SMILES string of the molecule is CCNCC(C)C(=O)N(C)Cc1ccncc1. The van der Waals surface area contributed by atoms with Gasteiger partial charge in [-0.3, -0.25) is 9.78 Å². The van der Waals surface area contributed by atoms with Gasteiger partial charge in [-0.25, -0.2) is 0 Å². The largest absolute Gasteiger partial charge is 0.341 e. The van der Waals surface area contributed by atoms with Gasteiger partial charge < -0.3 is 10.2 Å². The topological polar surface area (TPSA) is 45.2 Å². The molecule has 0 aromatic carbocycles. The number of aromatic nitrogens is 1. The number of carbonyl (C=O) groups excluding carboxylic acids is 1. The van der Waals surface area contributed by atoms with E-state index >= 15 is 0 Å². The molecule has 94 valence electrons. The van der Waals surface area contributed by atoms with Gasteiger partial charge >= 0.3 is 0 Å². The zero-order chi connectivity index (χ0) is 12.7. The molecule has 1 atom stereocenters. The highest BCUT2D eigenvalue weighted by Crippen LogP contribution is 2.05. The fraction of sp³-hybridized carbons (Fsp3) is 0.538. The third-order valence-corrected chi connectivity index (χ3v) is 2.67. The predicted molar refractivity (Wildman–Crippen MR) is 68.4 cm³/mol. The maximum absolute atomic E-state index is 12.0. The minimum atomic E-state index is 0.0155. The van der Waals surface area contributed by atoms with Crippen molar-refractivity contribution in [3.05, 3.63) is 30.1 Å². The van der Waals surface area contributed by atoms with Crippen LogP contribution < -0.4 is 5.32 Å². The van der Waals surface area contributed by atoms with Gasteiger partial charge in [0.15, 0.2) is 0 Å². The number of rotatable bonds is 6. The van der Waals surface area contributed by atoms with E-state index in [1.54, 1.807) is 17.3 Å². The van der Waals surface area contributed by atoms with Gasteiger partial charge in [0.05, 0.1) is 0 Å². The Morgan fingerprint density at radius 3 is 2.71 bits per heavy atom. The summed E-state index contributed by atoms with van der Waals surface area (Å²) in [6.07, 6.45) is 3.49. The van der Waals surface area contributed by atoms with E-state index in [-0.39, 0.29) is 11.8 Å². The standard InChI is InChI=1S/C13H21N3O/c1-4-14-9-11(2)13(17)16(3)10-12-5-7-15-8-6-12/h5-8,11,14H,4,9-10H2,1-3H3. The van der Waals surface area contributed by atoms with Crippen LogP contribution in [0.5, 0.6) is 0 Å².